The number of benzene rings is 1. The Hall–Kier alpha value is -1.22. The van der Waals surface area contributed by atoms with Gasteiger partial charge in [-0.05, 0) is 44.4 Å². The molecule has 21 heavy (non-hydrogen) atoms. The van der Waals surface area contributed by atoms with E-state index in [4.69, 9.17) is 16.3 Å². The Balaban J connectivity index is 2.35. The van der Waals surface area contributed by atoms with Crippen molar-refractivity contribution in [1.82, 2.24) is 4.90 Å². The number of aryl methyl sites for hydroxylation is 1. The van der Waals surface area contributed by atoms with E-state index in [1.165, 1.54) is 5.56 Å². The Morgan fingerprint density at radius 3 is 2.71 bits per heavy atom. The summed E-state index contributed by atoms with van der Waals surface area (Å²) in [5.74, 6) is 1.30. The van der Waals surface area contributed by atoms with Gasteiger partial charge in [-0.15, -0.1) is 11.6 Å². The molecule has 0 unspecified atom stereocenters. The van der Waals surface area contributed by atoms with Gasteiger partial charge in [0.25, 0.3) is 0 Å². The SMILES string of the molecule is CCc1cccc(OCCCN(C)C(=O)C(C)(C)CCl)c1. The maximum absolute atomic E-state index is 12.1. The van der Waals surface area contributed by atoms with Crippen LogP contribution in [0.2, 0.25) is 0 Å². The van der Waals surface area contributed by atoms with Crippen LogP contribution in [-0.2, 0) is 11.2 Å². The molecule has 0 aliphatic carbocycles. The quantitative estimate of drug-likeness (QED) is 0.540. The average Bonchev–Trinajstić information content (AvgIpc) is 2.50. The molecule has 4 heteroatoms. The fraction of sp³-hybridized carbons (Fsp3) is 0.588. The van der Waals surface area contributed by atoms with E-state index in [1.54, 1.807) is 4.90 Å². The Kier molecular flexibility index (Phi) is 7.03. The van der Waals surface area contributed by atoms with Gasteiger partial charge < -0.3 is 9.64 Å². The fourth-order valence-corrected chi connectivity index (χ4v) is 2.14. The van der Waals surface area contributed by atoms with Crippen molar-refractivity contribution in [3.05, 3.63) is 29.8 Å². The molecule has 1 aromatic carbocycles. The standard InChI is InChI=1S/C17H26ClNO2/c1-5-14-8-6-9-15(12-14)21-11-7-10-19(4)16(20)17(2,3)13-18/h6,8-9,12H,5,7,10-11,13H2,1-4H3. The highest BCUT2D eigenvalue weighted by Crippen LogP contribution is 2.20. The van der Waals surface area contributed by atoms with Gasteiger partial charge in [-0.1, -0.05) is 19.1 Å². The number of carbonyl (C=O) groups is 1. The molecule has 0 saturated carbocycles. The van der Waals surface area contributed by atoms with E-state index < -0.39 is 5.41 Å². The van der Waals surface area contributed by atoms with Crippen molar-refractivity contribution >= 4 is 17.5 Å². The Morgan fingerprint density at radius 1 is 1.38 bits per heavy atom. The molecule has 1 aromatic rings. The summed E-state index contributed by atoms with van der Waals surface area (Å²) >= 11 is 5.83. The van der Waals surface area contributed by atoms with Gasteiger partial charge in [-0.3, -0.25) is 4.79 Å². The fourth-order valence-electron chi connectivity index (χ4n) is 2.02. The molecule has 0 aliphatic heterocycles. The van der Waals surface area contributed by atoms with Gasteiger partial charge in [0, 0.05) is 19.5 Å². The highest BCUT2D eigenvalue weighted by atomic mass is 35.5. The number of nitrogens with zero attached hydrogens (tertiary/aromatic N) is 1. The molecule has 1 rings (SSSR count). The Morgan fingerprint density at radius 2 is 2.10 bits per heavy atom. The first-order valence-corrected chi connectivity index (χ1v) is 7.97. The van der Waals surface area contributed by atoms with Crippen LogP contribution in [0, 0.1) is 5.41 Å². The zero-order valence-corrected chi connectivity index (χ0v) is 14.2. The topological polar surface area (TPSA) is 29.5 Å². The van der Waals surface area contributed by atoms with E-state index in [2.05, 4.69) is 19.1 Å². The molecule has 0 fully saturated rings. The molecular formula is C17H26ClNO2. The summed E-state index contributed by atoms with van der Waals surface area (Å²) in [6.45, 7) is 7.13. The number of rotatable bonds is 8. The molecule has 0 saturated heterocycles. The monoisotopic (exact) mass is 311 g/mol. The summed E-state index contributed by atoms with van der Waals surface area (Å²) in [7, 11) is 1.81. The van der Waals surface area contributed by atoms with E-state index in [0.717, 1.165) is 18.6 Å². The first-order valence-electron chi connectivity index (χ1n) is 7.44. The lowest BCUT2D eigenvalue weighted by Crippen LogP contribution is -2.40. The predicted octanol–water partition coefficient (Wildman–Crippen LogP) is 3.74. The third-order valence-corrected chi connectivity index (χ3v) is 4.14. The molecule has 0 spiro atoms. The van der Waals surface area contributed by atoms with Crippen molar-refractivity contribution in [2.45, 2.75) is 33.6 Å². The summed E-state index contributed by atoms with van der Waals surface area (Å²) in [5.41, 5.74) is 0.760. The number of ether oxygens (including phenoxy) is 1. The maximum atomic E-state index is 12.1. The molecule has 0 aliphatic rings. The van der Waals surface area contributed by atoms with E-state index in [9.17, 15) is 4.79 Å². The normalized spacial score (nSPS) is 11.3. The molecule has 118 valence electrons. The second-order valence-corrected chi connectivity index (χ2v) is 6.21. The van der Waals surface area contributed by atoms with Crippen molar-refractivity contribution in [3.8, 4) is 5.75 Å². The van der Waals surface area contributed by atoms with E-state index in [0.29, 0.717) is 19.0 Å². The smallest absolute Gasteiger partial charge is 0.229 e. The predicted molar refractivity (Wildman–Crippen MR) is 88.1 cm³/mol. The number of alkyl halides is 1. The van der Waals surface area contributed by atoms with E-state index in [1.807, 2.05) is 33.0 Å². The molecule has 0 aromatic heterocycles. The first kappa shape index (κ1) is 17.8. The van der Waals surface area contributed by atoms with E-state index >= 15 is 0 Å². The largest absolute Gasteiger partial charge is 0.494 e. The van der Waals surface area contributed by atoms with Gasteiger partial charge in [0.15, 0.2) is 0 Å². The molecule has 0 heterocycles. The summed E-state index contributed by atoms with van der Waals surface area (Å²) in [4.78, 5) is 13.9. The molecule has 3 nitrogen and oxygen atoms in total. The lowest BCUT2D eigenvalue weighted by atomic mass is 9.94. The van der Waals surface area contributed by atoms with Crippen molar-refractivity contribution in [1.29, 1.82) is 0 Å². The van der Waals surface area contributed by atoms with Crippen LogP contribution in [0.5, 0.6) is 5.75 Å². The maximum Gasteiger partial charge on any atom is 0.229 e. The lowest BCUT2D eigenvalue weighted by Gasteiger charge is -2.27. The van der Waals surface area contributed by atoms with Crippen LogP contribution in [-0.4, -0.2) is 36.9 Å². The van der Waals surface area contributed by atoms with E-state index in [-0.39, 0.29) is 5.91 Å². The number of hydrogen-bond donors (Lipinski definition) is 0. The average molecular weight is 312 g/mol. The van der Waals surface area contributed by atoms with Gasteiger partial charge in [0.1, 0.15) is 5.75 Å². The highest BCUT2D eigenvalue weighted by Gasteiger charge is 2.29. The van der Waals surface area contributed by atoms with Crippen LogP contribution in [0.3, 0.4) is 0 Å². The van der Waals surface area contributed by atoms with Crippen molar-refractivity contribution in [2.75, 3.05) is 26.1 Å². The van der Waals surface area contributed by atoms with Crippen molar-refractivity contribution < 1.29 is 9.53 Å². The molecular weight excluding hydrogens is 286 g/mol. The summed E-state index contributed by atoms with van der Waals surface area (Å²) in [6, 6.07) is 8.12. The minimum atomic E-state index is -0.507. The van der Waals surface area contributed by atoms with Crippen LogP contribution in [0.4, 0.5) is 0 Å². The van der Waals surface area contributed by atoms with Gasteiger partial charge >= 0.3 is 0 Å². The zero-order valence-electron chi connectivity index (χ0n) is 13.5. The molecule has 0 atom stereocenters. The second-order valence-electron chi connectivity index (χ2n) is 5.95. The minimum absolute atomic E-state index is 0.0745. The molecule has 1 amide bonds. The minimum Gasteiger partial charge on any atom is -0.494 e. The van der Waals surface area contributed by atoms with Crippen LogP contribution in [0.15, 0.2) is 24.3 Å². The summed E-state index contributed by atoms with van der Waals surface area (Å²) in [6.07, 6.45) is 1.80. The van der Waals surface area contributed by atoms with Gasteiger partial charge in [0.05, 0.1) is 12.0 Å². The number of hydrogen-bond acceptors (Lipinski definition) is 2. The van der Waals surface area contributed by atoms with Crippen LogP contribution >= 0.6 is 11.6 Å². The number of amides is 1. The molecule has 0 bridgehead atoms. The number of halogens is 1. The third kappa shape index (κ3) is 5.58. The van der Waals surface area contributed by atoms with Crippen LogP contribution in [0.1, 0.15) is 32.8 Å². The van der Waals surface area contributed by atoms with Crippen molar-refractivity contribution in [2.24, 2.45) is 5.41 Å². The Labute approximate surface area is 133 Å². The summed E-state index contributed by atoms with van der Waals surface area (Å²) < 4.78 is 5.73. The second kappa shape index (κ2) is 8.28. The van der Waals surface area contributed by atoms with Crippen LogP contribution < -0.4 is 4.74 Å². The molecule has 0 N–H and O–H groups in total. The summed E-state index contributed by atoms with van der Waals surface area (Å²) in [5, 5.41) is 0. The zero-order chi connectivity index (χ0) is 15.9. The van der Waals surface area contributed by atoms with Gasteiger partial charge in [-0.25, -0.2) is 0 Å². The molecule has 0 radical (unpaired) electrons. The third-order valence-electron chi connectivity index (χ3n) is 3.47. The van der Waals surface area contributed by atoms with Gasteiger partial charge in [-0.2, -0.15) is 0 Å². The van der Waals surface area contributed by atoms with Gasteiger partial charge in [0.2, 0.25) is 5.91 Å². The number of carbonyl (C=O) groups excluding carboxylic acids is 1. The Bertz CT molecular complexity index is 460. The lowest BCUT2D eigenvalue weighted by molar-refractivity contribution is -0.137. The van der Waals surface area contributed by atoms with Crippen molar-refractivity contribution in [3.63, 3.8) is 0 Å². The van der Waals surface area contributed by atoms with Crippen LogP contribution in [0.25, 0.3) is 0 Å². The first-order chi connectivity index (χ1) is 9.90. The highest BCUT2D eigenvalue weighted by molar-refractivity contribution is 6.19.